The van der Waals surface area contributed by atoms with Gasteiger partial charge in [-0.1, -0.05) is 0 Å². The van der Waals surface area contributed by atoms with E-state index in [4.69, 9.17) is 0 Å². The number of hydrogen-bond acceptors (Lipinski definition) is 4. The van der Waals surface area contributed by atoms with Crippen LogP contribution in [0.1, 0.15) is 25.7 Å². The number of nitrogens with zero attached hydrogens (tertiary/aromatic N) is 2. The van der Waals surface area contributed by atoms with Crippen molar-refractivity contribution in [2.45, 2.75) is 6.92 Å². The van der Waals surface area contributed by atoms with Crippen molar-refractivity contribution in [1.29, 1.82) is 0 Å². The molecule has 3 rings (SSSR count). The number of carboxylic acids is 2. The number of aryl methyl sites for hydroxylation is 1. The van der Waals surface area contributed by atoms with E-state index in [0.29, 0.717) is 5.82 Å². The summed E-state index contributed by atoms with van der Waals surface area (Å²) in [7, 11) is 0. The van der Waals surface area contributed by atoms with Crippen molar-refractivity contribution in [2.75, 3.05) is 0 Å². The van der Waals surface area contributed by atoms with Crippen LogP contribution in [0.15, 0.2) is 30.5 Å². The number of rotatable bonds is 3. The highest BCUT2D eigenvalue weighted by atomic mass is 32.1. The molecule has 3 aromatic rings. The molecule has 0 bridgehead atoms. The molecule has 0 aliphatic heterocycles. The second-order valence-electron chi connectivity index (χ2n) is 4.45. The SMILES string of the molecule is Cc1ccc(-c2nc(C(=O)O)c3c(C(=O)O)cccn23)s1. The lowest BCUT2D eigenvalue weighted by Gasteiger charge is -2.01. The fourth-order valence-corrected chi connectivity index (χ4v) is 3.04. The van der Waals surface area contributed by atoms with Crippen molar-refractivity contribution in [3.8, 4) is 10.7 Å². The van der Waals surface area contributed by atoms with E-state index < -0.39 is 11.9 Å². The van der Waals surface area contributed by atoms with Gasteiger partial charge in [0.15, 0.2) is 11.5 Å². The minimum absolute atomic E-state index is 0.0815. The van der Waals surface area contributed by atoms with Gasteiger partial charge in [-0.25, -0.2) is 14.6 Å². The lowest BCUT2D eigenvalue weighted by molar-refractivity contribution is 0.0691. The zero-order valence-corrected chi connectivity index (χ0v) is 11.7. The van der Waals surface area contributed by atoms with Crippen LogP contribution in [0.5, 0.6) is 0 Å². The number of aromatic carboxylic acids is 2. The van der Waals surface area contributed by atoms with E-state index in [1.807, 2.05) is 19.1 Å². The fourth-order valence-electron chi connectivity index (χ4n) is 2.19. The molecule has 0 aliphatic rings. The maximum Gasteiger partial charge on any atom is 0.356 e. The molecule has 0 aliphatic carbocycles. The van der Waals surface area contributed by atoms with Crippen LogP contribution in [0.2, 0.25) is 0 Å². The molecule has 3 aromatic heterocycles. The molecule has 0 unspecified atom stereocenters. The summed E-state index contributed by atoms with van der Waals surface area (Å²) in [6, 6.07) is 6.68. The van der Waals surface area contributed by atoms with Crippen molar-refractivity contribution in [1.82, 2.24) is 9.38 Å². The van der Waals surface area contributed by atoms with Crippen LogP contribution in [-0.2, 0) is 0 Å². The van der Waals surface area contributed by atoms with Crippen molar-refractivity contribution in [2.24, 2.45) is 0 Å². The second-order valence-corrected chi connectivity index (χ2v) is 5.73. The van der Waals surface area contributed by atoms with Gasteiger partial charge in [-0.15, -0.1) is 11.3 Å². The molecule has 0 saturated carbocycles. The average molecular weight is 302 g/mol. The van der Waals surface area contributed by atoms with Crippen LogP contribution in [0.25, 0.3) is 16.2 Å². The van der Waals surface area contributed by atoms with Gasteiger partial charge in [0.2, 0.25) is 0 Å². The highest BCUT2D eigenvalue weighted by molar-refractivity contribution is 7.15. The molecule has 0 fully saturated rings. The molecule has 0 aromatic carbocycles. The van der Waals surface area contributed by atoms with Gasteiger partial charge in [-0.3, -0.25) is 4.40 Å². The maximum absolute atomic E-state index is 11.4. The number of imidazole rings is 1. The van der Waals surface area contributed by atoms with Crippen molar-refractivity contribution in [3.63, 3.8) is 0 Å². The molecule has 6 nitrogen and oxygen atoms in total. The molecule has 3 heterocycles. The fraction of sp³-hybridized carbons (Fsp3) is 0.0714. The van der Waals surface area contributed by atoms with E-state index in [-0.39, 0.29) is 16.8 Å². The van der Waals surface area contributed by atoms with Gasteiger partial charge in [0, 0.05) is 11.1 Å². The maximum atomic E-state index is 11.4. The summed E-state index contributed by atoms with van der Waals surface area (Å²) in [5.41, 5.74) is -0.241. The molecule has 0 spiro atoms. The molecule has 0 amide bonds. The van der Waals surface area contributed by atoms with E-state index in [0.717, 1.165) is 9.75 Å². The number of thiophene rings is 1. The minimum atomic E-state index is -1.25. The Morgan fingerprint density at radius 1 is 1.19 bits per heavy atom. The molecule has 21 heavy (non-hydrogen) atoms. The van der Waals surface area contributed by atoms with Crippen LogP contribution >= 0.6 is 11.3 Å². The lowest BCUT2D eigenvalue weighted by atomic mass is 10.2. The zero-order valence-electron chi connectivity index (χ0n) is 10.9. The van der Waals surface area contributed by atoms with Crippen molar-refractivity contribution < 1.29 is 19.8 Å². The summed E-state index contributed by atoms with van der Waals surface area (Å²) in [6.45, 7) is 1.94. The number of carbonyl (C=O) groups is 2. The van der Waals surface area contributed by atoms with Crippen LogP contribution in [0, 0.1) is 6.92 Å². The van der Waals surface area contributed by atoms with E-state index in [1.54, 1.807) is 12.3 Å². The quantitative estimate of drug-likeness (QED) is 0.776. The van der Waals surface area contributed by atoms with Crippen molar-refractivity contribution >= 4 is 28.8 Å². The third-order valence-corrected chi connectivity index (χ3v) is 4.05. The molecule has 0 saturated heterocycles. The summed E-state index contributed by atoms with van der Waals surface area (Å²) in [5.74, 6) is -2.00. The van der Waals surface area contributed by atoms with E-state index in [1.165, 1.54) is 21.8 Å². The molecule has 7 heteroatoms. The predicted octanol–water partition coefficient (Wildman–Crippen LogP) is 2.77. The Labute approximate surface area is 122 Å². The largest absolute Gasteiger partial charge is 0.478 e. The molecular formula is C14H10N2O4S. The molecule has 2 N–H and O–H groups in total. The smallest absolute Gasteiger partial charge is 0.356 e. The Bertz CT molecular complexity index is 878. The number of fused-ring (bicyclic) bond motifs is 1. The normalized spacial score (nSPS) is 10.9. The highest BCUT2D eigenvalue weighted by Gasteiger charge is 2.23. The zero-order chi connectivity index (χ0) is 15.1. The van der Waals surface area contributed by atoms with Crippen LogP contribution in [0.3, 0.4) is 0 Å². The standard InChI is InChI=1S/C14H10N2O4S/c1-7-4-5-9(21-7)12-15-10(14(19)20)11-8(13(17)18)3-2-6-16(11)12/h2-6H,1H3,(H,17,18)(H,19,20). The van der Waals surface area contributed by atoms with E-state index >= 15 is 0 Å². The number of hydrogen-bond donors (Lipinski definition) is 2. The number of carboxylic acid groups (broad SMARTS) is 2. The van der Waals surface area contributed by atoms with Gasteiger partial charge in [0.1, 0.15) is 0 Å². The Kier molecular flexibility index (Phi) is 2.99. The van der Waals surface area contributed by atoms with Gasteiger partial charge in [-0.05, 0) is 31.2 Å². The Morgan fingerprint density at radius 3 is 2.52 bits per heavy atom. The Hall–Kier alpha value is -2.67. The topological polar surface area (TPSA) is 91.9 Å². The molecule has 106 valence electrons. The summed E-state index contributed by atoms with van der Waals surface area (Å²) in [5, 5.41) is 18.5. The van der Waals surface area contributed by atoms with Gasteiger partial charge >= 0.3 is 11.9 Å². The highest BCUT2D eigenvalue weighted by Crippen LogP contribution is 2.30. The van der Waals surface area contributed by atoms with Gasteiger partial charge in [0.25, 0.3) is 0 Å². The summed E-state index contributed by atoms with van der Waals surface area (Å²) < 4.78 is 1.51. The predicted molar refractivity (Wildman–Crippen MR) is 77.2 cm³/mol. The summed E-state index contributed by atoms with van der Waals surface area (Å²) >= 11 is 1.47. The second kappa shape index (κ2) is 4.71. The van der Waals surface area contributed by atoms with Crippen LogP contribution in [-0.4, -0.2) is 31.5 Å². The average Bonchev–Trinajstić information content (AvgIpc) is 3.01. The van der Waals surface area contributed by atoms with Gasteiger partial charge < -0.3 is 10.2 Å². The number of aromatic nitrogens is 2. The molecule has 0 atom stereocenters. The van der Waals surface area contributed by atoms with Crippen LogP contribution < -0.4 is 0 Å². The Balaban J connectivity index is 2.41. The van der Waals surface area contributed by atoms with Gasteiger partial charge in [0.05, 0.1) is 16.0 Å². The minimum Gasteiger partial charge on any atom is -0.478 e. The Morgan fingerprint density at radius 2 is 1.95 bits per heavy atom. The van der Waals surface area contributed by atoms with Gasteiger partial charge in [-0.2, -0.15) is 0 Å². The first-order valence-corrected chi connectivity index (χ1v) is 6.85. The first-order chi connectivity index (χ1) is 9.99. The van der Waals surface area contributed by atoms with E-state index in [9.17, 15) is 19.8 Å². The number of pyridine rings is 1. The molecule has 0 radical (unpaired) electrons. The van der Waals surface area contributed by atoms with Crippen molar-refractivity contribution in [3.05, 3.63) is 46.6 Å². The van der Waals surface area contributed by atoms with Crippen LogP contribution in [0.4, 0.5) is 0 Å². The third kappa shape index (κ3) is 2.07. The lowest BCUT2D eigenvalue weighted by Crippen LogP contribution is -2.04. The first-order valence-electron chi connectivity index (χ1n) is 6.03. The van der Waals surface area contributed by atoms with E-state index in [2.05, 4.69) is 4.98 Å². The monoisotopic (exact) mass is 302 g/mol. The third-order valence-electron chi connectivity index (χ3n) is 3.06. The molecular weight excluding hydrogens is 292 g/mol. The first kappa shape index (κ1) is 13.3. The summed E-state index contributed by atoms with van der Waals surface area (Å²) in [4.78, 5) is 28.7. The summed E-state index contributed by atoms with van der Waals surface area (Å²) in [6.07, 6.45) is 1.62.